The smallest absolute Gasteiger partial charge is 0.123 e. The van der Waals surface area contributed by atoms with Crippen molar-refractivity contribution in [2.45, 2.75) is 44.6 Å². The van der Waals surface area contributed by atoms with Crippen LogP contribution in [-0.2, 0) is 0 Å². The molecule has 2 aromatic carbocycles. The van der Waals surface area contributed by atoms with Gasteiger partial charge in [-0.3, -0.25) is 0 Å². The Hall–Kier alpha value is -2.13. The summed E-state index contributed by atoms with van der Waals surface area (Å²) < 4.78 is 13.4. The van der Waals surface area contributed by atoms with Crippen LogP contribution in [0.2, 0.25) is 0 Å². The number of likely N-dealkylation sites (N-methyl/N-ethyl adjacent to an activating group) is 1. The van der Waals surface area contributed by atoms with Gasteiger partial charge in [0.05, 0.1) is 0 Å². The molecule has 0 radical (unpaired) electrons. The van der Waals surface area contributed by atoms with E-state index < -0.39 is 0 Å². The number of benzene rings is 2. The molecule has 1 fully saturated rings. The first-order valence-electron chi connectivity index (χ1n) is 10.2. The zero-order valence-corrected chi connectivity index (χ0v) is 16.2. The number of hydrogen-bond donors (Lipinski definition) is 0. The number of halogens is 1. The lowest BCUT2D eigenvalue weighted by molar-refractivity contribution is 0.234. The van der Waals surface area contributed by atoms with Gasteiger partial charge in [-0.2, -0.15) is 0 Å². The summed E-state index contributed by atoms with van der Waals surface area (Å²) in [6.45, 7) is 4.49. The number of rotatable bonds is 2. The van der Waals surface area contributed by atoms with E-state index in [-0.39, 0.29) is 5.82 Å². The Balaban J connectivity index is 1.63. The second kappa shape index (κ2) is 6.49. The van der Waals surface area contributed by atoms with Gasteiger partial charge in [0, 0.05) is 29.9 Å². The number of likely N-dealkylation sites (tertiary alicyclic amines) is 1. The molecule has 1 aliphatic carbocycles. The number of hydrogen-bond acceptors (Lipinski definition) is 2. The molecular formula is C24H27FN2. The van der Waals surface area contributed by atoms with E-state index in [0.717, 1.165) is 25.9 Å². The van der Waals surface area contributed by atoms with E-state index in [1.807, 2.05) is 12.1 Å². The fraction of sp³-hybridized carbons (Fsp3) is 0.417. The zero-order valence-electron chi connectivity index (χ0n) is 16.2. The van der Waals surface area contributed by atoms with Crippen molar-refractivity contribution >= 4 is 11.3 Å². The van der Waals surface area contributed by atoms with Gasteiger partial charge in [0.15, 0.2) is 0 Å². The first-order valence-corrected chi connectivity index (χ1v) is 10.2. The van der Waals surface area contributed by atoms with Crippen molar-refractivity contribution in [1.82, 2.24) is 4.90 Å². The maximum atomic E-state index is 13.4. The normalized spacial score (nSPS) is 25.1. The first kappa shape index (κ1) is 17.0. The molecule has 3 heteroatoms. The van der Waals surface area contributed by atoms with Crippen LogP contribution in [0.5, 0.6) is 0 Å². The molecule has 2 heterocycles. The third-order valence-electron chi connectivity index (χ3n) is 6.63. The minimum atomic E-state index is -0.156. The molecule has 2 atom stereocenters. The second-order valence-electron chi connectivity index (χ2n) is 8.44. The molecule has 1 saturated heterocycles. The van der Waals surface area contributed by atoms with Crippen molar-refractivity contribution in [2.75, 3.05) is 25.0 Å². The summed E-state index contributed by atoms with van der Waals surface area (Å²) in [6, 6.07) is 14.6. The van der Waals surface area contributed by atoms with Crippen molar-refractivity contribution in [1.29, 1.82) is 0 Å². The molecule has 140 valence electrons. The van der Waals surface area contributed by atoms with Crippen molar-refractivity contribution in [2.24, 2.45) is 0 Å². The van der Waals surface area contributed by atoms with Gasteiger partial charge >= 0.3 is 0 Å². The largest absolute Gasteiger partial charge is 0.341 e. The van der Waals surface area contributed by atoms with Crippen molar-refractivity contribution in [3.63, 3.8) is 0 Å². The monoisotopic (exact) mass is 362 g/mol. The van der Waals surface area contributed by atoms with Gasteiger partial charge in [-0.1, -0.05) is 29.8 Å². The van der Waals surface area contributed by atoms with Gasteiger partial charge in [-0.15, -0.1) is 0 Å². The van der Waals surface area contributed by atoms with E-state index in [9.17, 15) is 4.39 Å². The topological polar surface area (TPSA) is 6.48 Å². The Kier molecular flexibility index (Phi) is 4.08. The predicted octanol–water partition coefficient (Wildman–Crippen LogP) is 5.34. The van der Waals surface area contributed by atoms with Gasteiger partial charge in [-0.05, 0) is 81.1 Å². The third-order valence-corrected chi connectivity index (χ3v) is 6.63. The highest BCUT2D eigenvalue weighted by Crippen LogP contribution is 2.50. The van der Waals surface area contributed by atoms with Crippen LogP contribution in [0, 0.1) is 12.7 Å². The molecule has 5 rings (SSSR count). The van der Waals surface area contributed by atoms with E-state index in [2.05, 4.69) is 42.0 Å². The maximum Gasteiger partial charge on any atom is 0.123 e. The van der Waals surface area contributed by atoms with Gasteiger partial charge < -0.3 is 9.80 Å². The van der Waals surface area contributed by atoms with Gasteiger partial charge in [0.1, 0.15) is 5.82 Å². The Morgan fingerprint density at radius 2 is 1.85 bits per heavy atom. The molecule has 2 unspecified atom stereocenters. The van der Waals surface area contributed by atoms with Gasteiger partial charge in [-0.25, -0.2) is 4.39 Å². The number of fused-ring (bicyclic) bond motifs is 3. The zero-order chi connectivity index (χ0) is 18.5. The molecule has 2 aliphatic heterocycles. The van der Waals surface area contributed by atoms with Crippen molar-refractivity contribution in [3.8, 4) is 0 Å². The molecule has 0 bridgehead atoms. The molecule has 0 spiro atoms. The SMILES string of the molecule is Cc1ccc2c(c1)C1CN(C)CCC1N2C1=C(c2ccc(F)cc2)CCC1. The molecule has 0 aromatic heterocycles. The van der Waals surface area contributed by atoms with Crippen LogP contribution in [-0.4, -0.2) is 31.1 Å². The number of piperidine rings is 1. The predicted molar refractivity (Wildman–Crippen MR) is 109 cm³/mol. The van der Waals surface area contributed by atoms with Crippen LogP contribution in [0.15, 0.2) is 48.2 Å². The lowest BCUT2D eigenvalue weighted by atomic mass is 9.88. The highest BCUT2D eigenvalue weighted by molar-refractivity contribution is 5.78. The summed E-state index contributed by atoms with van der Waals surface area (Å²) in [5.41, 5.74) is 8.35. The Bertz CT molecular complexity index is 899. The average molecular weight is 362 g/mol. The summed E-state index contributed by atoms with van der Waals surface area (Å²) in [5, 5.41) is 0. The van der Waals surface area contributed by atoms with Gasteiger partial charge in [0.2, 0.25) is 0 Å². The van der Waals surface area contributed by atoms with E-state index in [1.54, 1.807) is 12.1 Å². The summed E-state index contributed by atoms with van der Waals surface area (Å²) in [5.74, 6) is 0.428. The summed E-state index contributed by atoms with van der Waals surface area (Å²) in [4.78, 5) is 5.14. The average Bonchev–Trinajstić information content (AvgIpc) is 3.24. The van der Waals surface area contributed by atoms with Crippen molar-refractivity contribution < 1.29 is 4.39 Å². The highest BCUT2D eigenvalue weighted by atomic mass is 19.1. The quantitative estimate of drug-likeness (QED) is 0.712. The van der Waals surface area contributed by atoms with Crippen molar-refractivity contribution in [3.05, 3.63) is 70.7 Å². The van der Waals surface area contributed by atoms with E-state index >= 15 is 0 Å². The van der Waals surface area contributed by atoms with E-state index in [0.29, 0.717) is 12.0 Å². The first-order chi connectivity index (χ1) is 13.1. The van der Waals surface area contributed by atoms with Crippen LogP contribution in [0.1, 0.15) is 48.3 Å². The highest BCUT2D eigenvalue weighted by Gasteiger charge is 2.43. The molecule has 3 aliphatic rings. The van der Waals surface area contributed by atoms with Gasteiger partial charge in [0.25, 0.3) is 0 Å². The Morgan fingerprint density at radius 1 is 1.04 bits per heavy atom. The summed E-state index contributed by atoms with van der Waals surface area (Å²) >= 11 is 0. The lowest BCUT2D eigenvalue weighted by Gasteiger charge is -2.38. The van der Waals surface area contributed by atoms with Crippen LogP contribution >= 0.6 is 0 Å². The number of allylic oxidation sites excluding steroid dienone is 2. The number of anilines is 1. The molecule has 27 heavy (non-hydrogen) atoms. The Morgan fingerprint density at radius 3 is 2.67 bits per heavy atom. The standard InChI is InChI=1S/C24H27FN2/c1-16-6-11-23-20(14-16)21-15-26(2)13-12-24(21)27(23)22-5-3-4-19(22)17-7-9-18(25)10-8-17/h6-11,14,21,24H,3-5,12-13,15H2,1-2H3. The van der Waals surface area contributed by atoms with Crippen LogP contribution in [0.25, 0.3) is 5.57 Å². The summed E-state index contributed by atoms with van der Waals surface area (Å²) in [7, 11) is 2.24. The molecule has 2 nitrogen and oxygen atoms in total. The maximum absolute atomic E-state index is 13.4. The summed E-state index contributed by atoms with van der Waals surface area (Å²) in [6.07, 6.45) is 4.61. The molecule has 2 aromatic rings. The number of nitrogens with zero attached hydrogens (tertiary/aromatic N) is 2. The lowest BCUT2D eigenvalue weighted by Crippen LogP contribution is -2.44. The molecule has 0 saturated carbocycles. The van der Waals surface area contributed by atoms with Crippen LogP contribution in [0.3, 0.4) is 0 Å². The fourth-order valence-corrected chi connectivity index (χ4v) is 5.39. The Labute approximate surface area is 161 Å². The molecule has 0 N–H and O–H groups in total. The van der Waals surface area contributed by atoms with E-state index in [1.165, 1.54) is 46.5 Å². The minimum absolute atomic E-state index is 0.156. The van der Waals surface area contributed by atoms with Crippen LogP contribution < -0.4 is 4.90 Å². The third kappa shape index (κ3) is 2.80. The second-order valence-corrected chi connectivity index (χ2v) is 8.44. The van der Waals surface area contributed by atoms with E-state index in [4.69, 9.17) is 0 Å². The fourth-order valence-electron chi connectivity index (χ4n) is 5.39. The molecular weight excluding hydrogens is 335 g/mol. The number of aryl methyl sites for hydroxylation is 1. The molecule has 0 amide bonds. The minimum Gasteiger partial charge on any atom is -0.341 e. The van der Waals surface area contributed by atoms with Crippen LogP contribution in [0.4, 0.5) is 10.1 Å².